The first kappa shape index (κ1) is 53.1. The van der Waals surface area contributed by atoms with Gasteiger partial charge >= 0.3 is 0 Å². The molecule has 0 N–H and O–H groups in total. The lowest BCUT2D eigenvalue weighted by Crippen LogP contribution is -2.30. The average molecular weight is 1180 g/mol. The van der Waals surface area contributed by atoms with Crippen molar-refractivity contribution in [2.24, 2.45) is 9.98 Å². The molecule has 0 fully saturated rings. The SMILES string of the molecule is C=NCC(/C=N\C)=C/c1ccc(-c2cc3ccc4c(c3s2)C(c2ccc(C)cc2)(c2ccc(C)cc2)c2cc3c(cc2-4)C(c2ccc(C)cc2)(c2ccc(C)cc2)c2c-3ccc3cc(-c4ccc(C=C(C#N)C#N)c5nsnc45)sc23)c2nsnc12. The van der Waals surface area contributed by atoms with E-state index in [1.165, 1.54) is 116 Å². The molecule has 0 saturated heterocycles. The first-order valence-electron chi connectivity index (χ1n) is 28.3. The van der Waals surface area contributed by atoms with Crippen LogP contribution < -0.4 is 0 Å². The van der Waals surface area contributed by atoms with Gasteiger partial charge in [-0.2, -0.15) is 28.0 Å². The van der Waals surface area contributed by atoms with E-state index in [0.29, 0.717) is 17.6 Å². The van der Waals surface area contributed by atoms with Crippen LogP contribution in [0.1, 0.15) is 77.9 Å². The summed E-state index contributed by atoms with van der Waals surface area (Å²) in [6, 6.07) is 68.6. The summed E-state index contributed by atoms with van der Waals surface area (Å²) in [6.07, 6.45) is 5.52. The smallest absolute Gasteiger partial charge is 0.130 e. The maximum Gasteiger partial charge on any atom is 0.130 e. The summed E-state index contributed by atoms with van der Waals surface area (Å²) in [6.45, 7) is 12.9. The van der Waals surface area contributed by atoms with Crippen molar-refractivity contribution in [1.82, 2.24) is 17.5 Å². The van der Waals surface area contributed by atoms with Gasteiger partial charge in [0.2, 0.25) is 0 Å². The number of hydrogen-bond acceptors (Lipinski definition) is 12. The molecule has 0 radical (unpaired) electrons. The normalized spacial score (nSPS) is 13.7. The molecule has 8 nitrogen and oxygen atoms in total. The molecule has 86 heavy (non-hydrogen) atoms. The molecule has 0 saturated carbocycles. The van der Waals surface area contributed by atoms with Crippen LogP contribution in [0.4, 0.5) is 0 Å². The number of nitriles is 2. The lowest BCUT2D eigenvalue weighted by Gasteiger charge is -2.36. The highest BCUT2D eigenvalue weighted by molar-refractivity contribution is 7.23. The third kappa shape index (κ3) is 7.94. The molecular weight excluding hydrogens is 1130 g/mol. The first-order valence-corrected chi connectivity index (χ1v) is 31.4. The second-order valence-electron chi connectivity index (χ2n) is 22.5. The van der Waals surface area contributed by atoms with Gasteiger partial charge in [-0.05, 0) is 154 Å². The molecule has 0 bridgehead atoms. The van der Waals surface area contributed by atoms with Crippen LogP contribution >= 0.6 is 46.1 Å². The molecule has 9 aromatic carbocycles. The van der Waals surface area contributed by atoms with Crippen LogP contribution in [-0.2, 0) is 10.8 Å². The molecule has 2 aliphatic rings. The Labute approximate surface area is 514 Å². The van der Waals surface area contributed by atoms with Crippen LogP contribution in [0.15, 0.2) is 191 Å². The number of allylic oxidation sites excluding steroid dienone is 1. The van der Waals surface area contributed by atoms with Crippen LogP contribution in [0.25, 0.3) is 97.5 Å². The molecule has 13 aromatic rings. The molecule has 12 heteroatoms. The van der Waals surface area contributed by atoms with Crippen molar-refractivity contribution in [3.05, 3.63) is 259 Å². The Morgan fingerprint density at radius 1 is 0.477 bits per heavy atom. The van der Waals surface area contributed by atoms with Crippen molar-refractivity contribution in [3.8, 4) is 55.3 Å². The molecule has 15 rings (SSSR count). The van der Waals surface area contributed by atoms with Crippen molar-refractivity contribution < 1.29 is 0 Å². The lowest BCUT2D eigenvalue weighted by molar-refractivity contribution is 0.765. The van der Waals surface area contributed by atoms with Crippen molar-refractivity contribution in [2.75, 3.05) is 13.6 Å². The van der Waals surface area contributed by atoms with Crippen LogP contribution in [0, 0.1) is 50.4 Å². The number of benzene rings is 9. The number of rotatable bonds is 11. The predicted molar refractivity (Wildman–Crippen MR) is 360 cm³/mol. The second-order valence-corrected chi connectivity index (χ2v) is 25.7. The third-order valence-electron chi connectivity index (χ3n) is 17.5. The molecule has 0 amide bonds. The molecular formula is C74H50N8S4. The van der Waals surface area contributed by atoms with E-state index in [-0.39, 0.29) is 5.57 Å². The number of nitrogens with zero attached hydrogens (tertiary/aromatic N) is 8. The van der Waals surface area contributed by atoms with Gasteiger partial charge in [0.25, 0.3) is 0 Å². The minimum atomic E-state index is -0.764. The van der Waals surface area contributed by atoms with E-state index in [1.807, 2.05) is 35.8 Å². The highest BCUT2D eigenvalue weighted by Crippen LogP contribution is 2.66. The number of aliphatic imine (C=N–C) groups is 2. The number of thiophene rings is 2. The van der Waals surface area contributed by atoms with E-state index < -0.39 is 10.8 Å². The van der Waals surface area contributed by atoms with Gasteiger partial charge in [-0.3, -0.25) is 9.98 Å². The van der Waals surface area contributed by atoms with Crippen LogP contribution in [-0.4, -0.2) is 44.0 Å². The van der Waals surface area contributed by atoms with E-state index in [0.717, 1.165) is 65.7 Å². The first-order chi connectivity index (χ1) is 42.0. The summed E-state index contributed by atoms with van der Waals surface area (Å²) in [5.41, 5.74) is 25.7. The molecule has 0 atom stereocenters. The summed E-state index contributed by atoms with van der Waals surface area (Å²) < 4.78 is 21.8. The van der Waals surface area contributed by atoms with Gasteiger partial charge in [-0.1, -0.05) is 168 Å². The summed E-state index contributed by atoms with van der Waals surface area (Å²) >= 11 is 6.01. The van der Waals surface area contributed by atoms with Gasteiger partial charge in [-0.15, -0.1) is 22.7 Å². The highest BCUT2D eigenvalue weighted by Gasteiger charge is 2.53. The summed E-state index contributed by atoms with van der Waals surface area (Å²) in [5.74, 6) is 0. The van der Waals surface area contributed by atoms with Crippen molar-refractivity contribution in [3.63, 3.8) is 0 Å². The maximum absolute atomic E-state index is 9.70. The standard InChI is InChI=1S/C74H50N8S4/c1-41-7-19-51(20-8-41)73(52-21-9-42(2)10-22-52)61-36-60-56-28-18-50-34-64(58-30-16-48(68-70(58)82-86-80-68)32-46(39-77-5)40-78-6)84-72(50)66(56)74(53-23-11-43(3)12-24-53,54-25-13-44(4)14-26-54)62(60)35-59(61)55-27-17-49-33-63(83-71(49)65(55)73)57-29-15-47(31-45(37-75)38-76)67-69(57)81-85-79-67/h7-36,40H,5,39H2,1-4,6H3/b46-32-,78-40-. The Balaban J connectivity index is 1.03. The van der Waals surface area contributed by atoms with Gasteiger partial charge in [-0.25, -0.2) is 0 Å². The van der Waals surface area contributed by atoms with Gasteiger partial charge in [0.05, 0.1) is 40.8 Å². The summed E-state index contributed by atoms with van der Waals surface area (Å²) in [5, 5.41) is 21.7. The minimum Gasteiger partial charge on any atom is -0.296 e. The van der Waals surface area contributed by atoms with Gasteiger partial charge in [0.15, 0.2) is 0 Å². The Morgan fingerprint density at radius 2 is 0.860 bits per heavy atom. The van der Waals surface area contributed by atoms with E-state index in [9.17, 15) is 10.5 Å². The van der Waals surface area contributed by atoms with Gasteiger partial charge in [0, 0.05) is 54.7 Å². The largest absolute Gasteiger partial charge is 0.296 e. The van der Waals surface area contributed by atoms with Gasteiger partial charge in [0.1, 0.15) is 39.8 Å². The van der Waals surface area contributed by atoms with Crippen LogP contribution in [0.5, 0.6) is 0 Å². The third-order valence-corrected chi connectivity index (χ3v) is 21.0. The van der Waals surface area contributed by atoms with E-state index in [2.05, 4.69) is 214 Å². The van der Waals surface area contributed by atoms with E-state index in [1.54, 1.807) is 24.5 Å². The number of fused-ring (bicyclic) bond motifs is 12. The molecule has 0 spiro atoms. The zero-order valence-corrected chi connectivity index (χ0v) is 50.8. The topological polar surface area (TPSA) is 124 Å². The Hall–Kier alpha value is -9.66. The van der Waals surface area contributed by atoms with Crippen molar-refractivity contribution in [2.45, 2.75) is 38.5 Å². The monoisotopic (exact) mass is 1180 g/mol. The predicted octanol–water partition coefficient (Wildman–Crippen LogP) is 18.6. The minimum absolute atomic E-state index is 0.0168. The number of aromatic nitrogens is 4. The van der Waals surface area contributed by atoms with Crippen LogP contribution in [0.2, 0.25) is 0 Å². The zero-order valence-electron chi connectivity index (χ0n) is 47.5. The molecule has 0 aliphatic heterocycles. The fourth-order valence-corrected chi connectivity index (χ4v) is 17.4. The Kier molecular flexibility index (Phi) is 12.7. The highest BCUT2D eigenvalue weighted by atomic mass is 32.1. The van der Waals surface area contributed by atoms with Gasteiger partial charge < -0.3 is 0 Å². The number of hydrogen-bond donors (Lipinski definition) is 0. The summed E-state index contributed by atoms with van der Waals surface area (Å²) in [4.78, 5) is 10.6. The lowest BCUT2D eigenvalue weighted by atomic mass is 9.65. The quantitative estimate of drug-likeness (QED) is 0.0938. The van der Waals surface area contributed by atoms with E-state index in [4.69, 9.17) is 17.5 Å². The molecule has 0 unspecified atom stereocenters. The zero-order chi connectivity index (χ0) is 58.6. The van der Waals surface area contributed by atoms with E-state index >= 15 is 0 Å². The van der Waals surface area contributed by atoms with Crippen molar-refractivity contribution in [1.29, 1.82) is 10.5 Å². The average Bonchev–Trinajstić information content (AvgIpc) is 1.52. The maximum atomic E-state index is 9.70. The fraction of sp³-hybridized carbons (Fsp3) is 0.108. The Morgan fingerprint density at radius 3 is 1.24 bits per heavy atom. The molecule has 410 valence electrons. The summed E-state index contributed by atoms with van der Waals surface area (Å²) in [7, 11) is 1.77. The molecule has 4 heterocycles. The Bertz CT molecular complexity index is 5070. The van der Waals surface area contributed by atoms with Crippen LogP contribution in [0.3, 0.4) is 0 Å². The molecule has 2 aliphatic carbocycles. The van der Waals surface area contributed by atoms with Crippen molar-refractivity contribution >= 4 is 113 Å². The second kappa shape index (κ2) is 20.6. The fourth-order valence-electron chi connectivity index (χ4n) is 13.6. The number of aryl methyl sites for hydroxylation is 4. The molecule has 4 aromatic heterocycles.